The van der Waals surface area contributed by atoms with Gasteiger partial charge in [0.2, 0.25) is 0 Å². The number of rotatable bonds is 2. The third kappa shape index (κ3) is 2.40. The zero-order chi connectivity index (χ0) is 18.7. The Labute approximate surface area is 155 Å². The van der Waals surface area contributed by atoms with Crippen LogP contribution >= 0.6 is 0 Å². The molecule has 4 rings (SSSR count). The molecule has 0 amide bonds. The van der Waals surface area contributed by atoms with E-state index in [4.69, 9.17) is 4.74 Å². The highest BCUT2D eigenvalue weighted by Gasteiger charge is 2.62. The summed E-state index contributed by atoms with van der Waals surface area (Å²) in [5, 5.41) is 9.95. The van der Waals surface area contributed by atoms with Gasteiger partial charge < -0.3 is 9.84 Å². The van der Waals surface area contributed by atoms with Crippen molar-refractivity contribution in [3.05, 3.63) is 23.5 Å². The molecule has 6 atom stereocenters. The average molecular weight is 358 g/mol. The molecular formula is C22H30O4. The van der Waals surface area contributed by atoms with Gasteiger partial charge in [-0.2, -0.15) is 0 Å². The third-order valence-electron chi connectivity index (χ3n) is 8.05. The Morgan fingerprint density at radius 3 is 2.81 bits per heavy atom. The van der Waals surface area contributed by atoms with Crippen LogP contribution in [0.1, 0.15) is 65.7 Å². The van der Waals surface area contributed by atoms with Crippen molar-refractivity contribution in [1.82, 2.24) is 0 Å². The van der Waals surface area contributed by atoms with Crippen molar-refractivity contribution < 1.29 is 19.4 Å². The molecule has 4 aliphatic rings. The van der Waals surface area contributed by atoms with Crippen molar-refractivity contribution in [2.75, 3.05) is 0 Å². The average Bonchev–Trinajstić information content (AvgIpc) is 2.86. The van der Waals surface area contributed by atoms with Gasteiger partial charge in [-0.15, -0.1) is 0 Å². The summed E-state index contributed by atoms with van der Waals surface area (Å²) in [6.07, 6.45) is 9.15. The first-order chi connectivity index (χ1) is 12.3. The summed E-state index contributed by atoms with van der Waals surface area (Å²) in [6.45, 7) is 6.28. The lowest BCUT2D eigenvalue weighted by atomic mass is 9.48. The van der Waals surface area contributed by atoms with E-state index in [0.717, 1.165) is 25.7 Å². The van der Waals surface area contributed by atoms with E-state index in [9.17, 15) is 14.7 Å². The molecule has 4 heteroatoms. The van der Waals surface area contributed by atoms with Crippen molar-refractivity contribution in [3.8, 4) is 0 Å². The molecule has 0 radical (unpaired) electrons. The third-order valence-corrected chi connectivity index (χ3v) is 8.05. The SMILES string of the molecule is CCC(=O)O[C@H]1C(=O)C[C@H]2[C@@H]3CC=C4CC(O)=CC[C@]4(C)[C@H]3CC[C@]12C. The molecule has 0 bridgehead atoms. The molecule has 2 fully saturated rings. The van der Waals surface area contributed by atoms with Gasteiger partial charge in [-0.25, -0.2) is 0 Å². The van der Waals surface area contributed by atoms with Crippen LogP contribution in [-0.4, -0.2) is 23.0 Å². The Hall–Kier alpha value is -1.58. The Balaban J connectivity index is 1.64. The van der Waals surface area contributed by atoms with Crippen LogP contribution in [0.15, 0.2) is 23.5 Å². The van der Waals surface area contributed by atoms with E-state index < -0.39 is 6.10 Å². The van der Waals surface area contributed by atoms with Crippen LogP contribution < -0.4 is 0 Å². The summed E-state index contributed by atoms with van der Waals surface area (Å²) < 4.78 is 5.62. The summed E-state index contributed by atoms with van der Waals surface area (Å²) in [5.41, 5.74) is 1.25. The lowest BCUT2D eigenvalue weighted by Crippen LogP contribution is -2.51. The largest absolute Gasteiger partial charge is 0.512 e. The van der Waals surface area contributed by atoms with E-state index in [1.807, 2.05) is 6.08 Å². The van der Waals surface area contributed by atoms with E-state index in [1.165, 1.54) is 5.57 Å². The highest BCUT2D eigenvalue weighted by atomic mass is 16.5. The van der Waals surface area contributed by atoms with Crippen molar-refractivity contribution in [3.63, 3.8) is 0 Å². The second-order valence-corrected chi connectivity index (χ2v) is 9.27. The highest BCUT2D eigenvalue weighted by molar-refractivity contribution is 5.89. The van der Waals surface area contributed by atoms with Gasteiger partial charge in [-0.05, 0) is 54.9 Å². The molecule has 0 aromatic rings. The minimum Gasteiger partial charge on any atom is -0.512 e. The van der Waals surface area contributed by atoms with Gasteiger partial charge in [-0.3, -0.25) is 9.59 Å². The molecule has 0 unspecified atom stereocenters. The molecular weight excluding hydrogens is 328 g/mol. The predicted octanol–water partition coefficient (Wildman–Crippen LogP) is 4.50. The molecule has 26 heavy (non-hydrogen) atoms. The molecule has 0 aliphatic heterocycles. The Bertz CT molecular complexity index is 705. The molecule has 2 saturated carbocycles. The molecule has 142 valence electrons. The number of fused-ring (bicyclic) bond motifs is 5. The lowest BCUT2D eigenvalue weighted by molar-refractivity contribution is -0.163. The number of esters is 1. The number of aliphatic hydroxyl groups excluding tert-OH is 1. The van der Waals surface area contributed by atoms with Crippen LogP contribution in [0, 0.1) is 28.6 Å². The van der Waals surface area contributed by atoms with Crippen molar-refractivity contribution >= 4 is 11.8 Å². The van der Waals surface area contributed by atoms with E-state index >= 15 is 0 Å². The van der Waals surface area contributed by atoms with Crippen molar-refractivity contribution in [2.24, 2.45) is 28.6 Å². The minimum atomic E-state index is -0.561. The van der Waals surface area contributed by atoms with E-state index in [2.05, 4.69) is 19.9 Å². The van der Waals surface area contributed by atoms with Gasteiger partial charge in [0.1, 0.15) is 0 Å². The van der Waals surface area contributed by atoms with Crippen molar-refractivity contribution in [1.29, 1.82) is 0 Å². The topological polar surface area (TPSA) is 63.6 Å². The van der Waals surface area contributed by atoms with E-state index in [1.54, 1.807) is 6.92 Å². The van der Waals surface area contributed by atoms with Crippen LogP contribution in [0.5, 0.6) is 0 Å². The van der Waals surface area contributed by atoms with E-state index in [0.29, 0.717) is 36.9 Å². The fourth-order valence-electron chi connectivity index (χ4n) is 6.48. The fraction of sp³-hybridized carbons (Fsp3) is 0.727. The first-order valence-electron chi connectivity index (χ1n) is 10.1. The number of hydrogen-bond donors (Lipinski definition) is 1. The zero-order valence-corrected chi connectivity index (χ0v) is 16.1. The Morgan fingerprint density at radius 2 is 2.08 bits per heavy atom. The van der Waals surface area contributed by atoms with E-state index in [-0.39, 0.29) is 28.5 Å². The summed E-state index contributed by atoms with van der Waals surface area (Å²) in [7, 11) is 0. The summed E-state index contributed by atoms with van der Waals surface area (Å²) in [5.74, 6) is 1.64. The monoisotopic (exact) mass is 358 g/mol. The fourth-order valence-corrected chi connectivity index (χ4v) is 6.48. The standard InChI is InChI=1S/C22H30O4/c1-4-19(25)26-20-18(24)12-17-15-6-5-13-11-14(23)7-9-21(13,2)16(15)8-10-22(17,20)3/h5,7,15-17,20,23H,4,6,8-12H2,1-3H3/t15-,16+,17+,20+,21+,22+/m1/s1. The maximum atomic E-state index is 12.7. The number of ketones is 1. The molecule has 0 spiro atoms. The number of carbonyl (C=O) groups is 2. The van der Waals surface area contributed by atoms with Gasteiger partial charge in [0, 0.05) is 24.7 Å². The molecule has 0 aromatic heterocycles. The first-order valence-corrected chi connectivity index (χ1v) is 10.1. The predicted molar refractivity (Wildman–Crippen MR) is 98.4 cm³/mol. The van der Waals surface area contributed by atoms with Crippen LogP contribution in [0.4, 0.5) is 0 Å². The quantitative estimate of drug-likeness (QED) is 0.583. The summed E-state index contributed by atoms with van der Waals surface area (Å²) in [4.78, 5) is 24.6. The molecule has 4 nitrogen and oxygen atoms in total. The number of ether oxygens (including phenoxy) is 1. The summed E-state index contributed by atoms with van der Waals surface area (Å²) >= 11 is 0. The van der Waals surface area contributed by atoms with Crippen LogP contribution in [0.25, 0.3) is 0 Å². The van der Waals surface area contributed by atoms with Gasteiger partial charge in [0.15, 0.2) is 11.9 Å². The summed E-state index contributed by atoms with van der Waals surface area (Å²) in [6, 6.07) is 0. The van der Waals surface area contributed by atoms with Crippen molar-refractivity contribution in [2.45, 2.75) is 71.8 Å². The minimum absolute atomic E-state index is 0.0949. The molecule has 0 saturated heterocycles. The van der Waals surface area contributed by atoms with Crippen LogP contribution in [-0.2, 0) is 14.3 Å². The van der Waals surface area contributed by atoms with Gasteiger partial charge in [-0.1, -0.05) is 32.4 Å². The Kier molecular flexibility index (Phi) is 4.09. The normalized spacial score (nSPS) is 44.3. The second kappa shape index (κ2) is 5.97. The van der Waals surface area contributed by atoms with Gasteiger partial charge in [0.25, 0.3) is 0 Å². The second-order valence-electron chi connectivity index (χ2n) is 9.27. The number of Topliss-reactive ketones (excluding diaryl/α,β-unsaturated/α-hetero) is 1. The Morgan fingerprint density at radius 1 is 1.31 bits per heavy atom. The smallest absolute Gasteiger partial charge is 0.306 e. The van der Waals surface area contributed by atoms with Crippen LogP contribution in [0.3, 0.4) is 0 Å². The lowest BCUT2D eigenvalue weighted by Gasteiger charge is -2.56. The molecule has 1 N–H and O–H groups in total. The molecule has 0 aromatic carbocycles. The number of carbonyl (C=O) groups excluding carboxylic acids is 2. The number of allylic oxidation sites excluding steroid dienone is 3. The maximum Gasteiger partial charge on any atom is 0.306 e. The maximum absolute atomic E-state index is 12.7. The zero-order valence-electron chi connectivity index (χ0n) is 16.1. The van der Waals surface area contributed by atoms with Crippen LogP contribution in [0.2, 0.25) is 0 Å². The molecule has 0 heterocycles. The molecule has 4 aliphatic carbocycles. The van der Waals surface area contributed by atoms with Gasteiger partial charge in [0.05, 0.1) is 5.76 Å². The highest BCUT2D eigenvalue weighted by Crippen LogP contribution is 2.64. The van der Waals surface area contributed by atoms with Gasteiger partial charge >= 0.3 is 5.97 Å². The number of hydrogen-bond acceptors (Lipinski definition) is 4. The first kappa shape index (κ1) is 17.8. The number of aliphatic hydroxyl groups is 1.